The minimum absolute atomic E-state index is 0.0837. The van der Waals surface area contributed by atoms with Crippen molar-refractivity contribution in [1.29, 1.82) is 0 Å². The lowest BCUT2D eigenvalue weighted by atomic mass is 10.0. The van der Waals surface area contributed by atoms with Gasteiger partial charge in [-0.1, -0.05) is 13.0 Å². The Hall–Kier alpha value is -1.13. The number of methoxy groups -OCH3 is 1. The first-order valence-electron chi connectivity index (χ1n) is 6.86. The highest BCUT2D eigenvalue weighted by atomic mass is 19.1. The summed E-state index contributed by atoms with van der Waals surface area (Å²) in [5.74, 6) is 0.632. The lowest BCUT2D eigenvalue weighted by Gasteiger charge is -2.31. The molecule has 1 aliphatic rings. The summed E-state index contributed by atoms with van der Waals surface area (Å²) in [5, 5.41) is 0. The predicted octanol–water partition coefficient (Wildman–Crippen LogP) is 2.56. The third-order valence-corrected chi connectivity index (χ3v) is 4.02. The minimum Gasteiger partial charge on any atom is -0.494 e. The number of hydrogen-bond acceptors (Lipinski definition) is 3. The molecule has 0 aliphatic carbocycles. The van der Waals surface area contributed by atoms with Gasteiger partial charge in [-0.05, 0) is 37.0 Å². The molecule has 106 valence electrons. The number of benzene rings is 1. The highest BCUT2D eigenvalue weighted by Crippen LogP contribution is 2.32. The molecule has 19 heavy (non-hydrogen) atoms. The Labute approximate surface area is 114 Å². The highest BCUT2D eigenvalue weighted by Gasteiger charge is 2.32. The molecular weight excluding hydrogens is 243 g/mol. The van der Waals surface area contributed by atoms with Crippen LogP contribution in [0.2, 0.25) is 0 Å². The maximum Gasteiger partial charge on any atom is 0.165 e. The van der Waals surface area contributed by atoms with E-state index in [0.29, 0.717) is 18.5 Å². The lowest BCUT2D eigenvalue weighted by Crippen LogP contribution is -2.36. The molecule has 1 fully saturated rings. The van der Waals surface area contributed by atoms with Crippen LogP contribution >= 0.6 is 0 Å². The number of halogens is 1. The number of hydrogen-bond donors (Lipinski definition) is 1. The van der Waals surface area contributed by atoms with E-state index in [1.807, 2.05) is 6.07 Å². The lowest BCUT2D eigenvalue weighted by molar-refractivity contribution is 0.192. The Bertz CT molecular complexity index is 438. The molecule has 0 aromatic heterocycles. The summed E-state index contributed by atoms with van der Waals surface area (Å²) in [6, 6.07) is 5.72. The third kappa shape index (κ3) is 2.90. The zero-order valence-electron chi connectivity index (χ0n) is 11.9. The average molecular weight is 266 g/mol. The van der Waals surface area contributed by atoms with Crippen molar-refractivity contribution in [1.82, 2.24) is 4.90 Å². The molecule has 0 saturated carbocycles. The molecule has 1 aliphatic heterocycles. The first-order chi connectivity index (χ1) is 9.06. The molecule has 3 atom stereocenters. The van der Waals surface area contributed by atoms with E-state index in [1.165, 1.54) is 13.5 Å². The van der Waals surface area contributed by atoms with Crippen LogP contribution in [0, 0.1) is 11.7 Å². The second kappa shape index (κ2) is 5.88. The topological polar surface area (TPSA) is 38.5 Å². The van der Waals surface area contributed by atoms with Crippen LogP contribution in [0.5, 0.6) is 5.75 Å². The summed E-state index contributed by atoms with van der Waals surface area (Å²) >= 11 is 0. The maximum absolute atomic E-state index is 13.8. The van der Waals surface area contributed by atoms with E-state index in [0.717, 1.165) is 12.1 Å². The quantitative estimate of drug-likeness (QED) is 0.910. The standard InChI is InChI=1S/C15H23FN2O/c1-10-6-11(2)18(9-10)14(8-17)12-4-5-15(19-3)13(16)7-12/h4-5,7,10-11,14H,6,8-9,17H2,1-3H3. The van der Waals surface area contributed by atoms with E-state index in [2.05, 4.69) is 18.7 Å². The molecule has 1 aromatic carbocycles. The third-order valence-electron chi connectivity index (χ3n) is 4.02. The largest absolute Gasteiger partial charge is 0.494 e. The Morgan fingerprint density at radius 2 is 2.21 bits per heavy atom. The molecule has 2 N–H and O–H groups in total. The summed E-state index contributed by atoms with van der Waals surface area (Å²) < 4.78 is 18.8. The van der Waals surface area contributed by atoms with Crippen molar-refractivity contribution in [3.05, 3.63) is 29.6 Å². The molecular formula is C15H23FN2O. The number of nitrogens with two attached hydrogens (primary N) is 1. The number of rotatable bonds is 4. The Morgan fingerprint density at radius 3 is 2.68 bits per heavy atom. The van der Waals surface area contributed by atoms with E-state index < -0.39 is 0 Å². The van der Waals surface area contributed by atoms with Crippen LogP contribution < -0.4 is 10.5 Å². The van der Waals surface area contributed by atoms with Crippen LogP contribution in [-0.2, 0) is 0 Å². The van der Waals surface area contributed by atoms with Gasteiger partial charge in [0.1, 0.15) is 0 Å². The second-order valence-corrected chi connectivity index (χ2v) is 5.53. The molecule has 0 spiro atoms. The van der Waals surface area contributed by atoms with Gasteiger partial charge in [-0.15, -0.1) is 0 Å². The smallest absolute Gasteiger partial charge is 0.165 e. The fraction of sp³-hybridized carbons (Fsp3) is 0.600. The fourth-order valence-electron chi connectivity index (χ4n) is 3.12. The van der Waals surface area contributed by atoms with Crippen molar-refractivity contribution in [2.75, 3.05) is 20.2 Å². The summed E-state index contributed by atoms with van der Waals surface area (Å²) in [7, 11) is 1.47. The predicted molar refractivity (Wildman–Crippen MR) is 74.7 cm³/mol. The summed E-state index contributed by atoms with van der Waals surface area (Å²) in [6.07, 6.45) is 1.18. The van der Waals surface area contributed by atoms with Crippen molar-refractivity contribution >= 4 is 0 Å². The van der Waals surface area contributed by atoms with Gasteiger partial charge in [0.2, 0.25) is 0 Å². The van der Waals surface area contributed by atoms with Crippen LogP contribution in [0.15, 0.2) is 18.2 Å². The van der Waals surface area contributed by atoms with Crippen LogP contribution in [0.25, 0.3) is 0 Å². The van der Waals surface area contributed by atoms with E-state index in [1.54, 1.807) is 12.1 Å². The van der Waals surface area contributed by atoms with Gasteiger partial charge >= 0.3 is 0 Å². The SMILES string of the molecule is COc1ccc(C(CN)N2CC(C)CC2C)cc1F. The normalized spacial score (nSPS) is 25.5. The molecule has 0 bridgehead atoms. The Kier molecular flexibility index (Phi) is 4.42. The van der Waals surface area contributed by atoms with Gasteiger partial charge in [-0.25, -0.2) is 4.39 Å². The van der Waals surface area contributed by atoms with Crippen molar-refractivity contribution < 1.29 is 9.13 Å². The molecule has 3 unspecified atom stereocenters. The summed E-state index contributed by atoms with van der Waals surface area (Å²) in [4.78, 5) is 2.38. The monoisotopic (exact) mass is 266 g/mol. The molecule has 0 radical (unpaired) electrons. The van der Waals surface area contributed by atoms with Gasteiger partial charge in [-0.2, -0.15) is 0 Å². The van der Waals surface area contributed by atoms with Gasteiger partial charge in [0, 0.05) is 25.2 Å². The summed E-state index contributed by atoms with van der Waals surface area (Å²) in [6.45, 7) is 5.99. The zero-order valence-corrected chi connectivity index (χ0v) is 11.9. The molecule has 0 amide bonds. The van der Waals surface area contributed by atoms with Crippen LogP contribution in [-0.4, -0.2) is 31.1 Å². The molecule has 1 aromatic rings. The van der Waals surface area contributed by atoms with Crippen LogP contribution in [0.3, 0.4) is 0 Å². The highest BCUT2D eigenvalue weighted by molar-refractivity contribution is 5.31. The van der Waals surface area contributed by atoms with Crippen molar-refractivity contribution in [3.8, 4) is 5.75 Å². The van der Waals surface area contributed by atoms with Gasteiger partial charge in [-0.3, -0.25) is 4.90 Å². The van der Waals surface area contributed by atoms with E-state index in [9.17, 15) is 4.39 Å². The summed E-state index contributed by atoms with van der Waals surface area (Å²) in [5.41, 5.74) is 6.85. The fourth-order valence-corrected chi connectivity index (χ4v) is 3.12. The first-order valence-corrected chi connectivity index (χ1v) is 6.86. The molecule has 2 rings (SSSR count). The van der Waals surface area contributed by atoms with Crippen LogP contribution in [0.1, 0.15) is 31.9 Å². The van der Waals surface area contributed by atoms with Gasteiger partial charge in [0.25, 0.3) is 0 Å². The number of nitrogens with zero attached hydrogens (tertiary/aromatic N) is 1. The van der Waals surface area contributed by atoms with E-state index in [4.69, 9.17) is 10.5 Å². The second-order valence-electron chi connectivity index (χ2n) is 5.53. The van der Waals surface area contributed by atoms with Crippen molar-refractivity contribution in [2.45, 2.75) is 32.4 Å². The van der Waals surface area contributed by atoms with E-state index >= 15 is 0 Å². The molecule has 1 saturated heterocycles. The van der Waals surface area contributed by atoms with Gasteiger partial charge < -0.3 is 10.5 Å². The van der Waals surface area contributed by atoms with Gasteiger partial charge in [0.15, 0.2) is 11.6 Å². The number of likely N-dealkylation sites (tertiary alicyclic amines) is 1. The molecule has 1 heterocycles. The number of ether oxygens (including phenoxy) is 1. The van der Waals surface area contributed by atoms with Crippen molar-refractivity contribution in [3.63, 3.8) is 0 Å². The molecule has 3 nitrogen and oxygen atoms in total. The van der Waals surface area contributed by atoms with Crippen molar-refractivity contribution in [2.24, 2.45) is 11.7 Å². The Morgan fingerprint density at radius 1 is 1.47 bits per heavy atom. The Balaban J connectivity index is 2.24. The molecule has 4 heteroatoms. The van der Waals surface area contributed by atoms with Crippen LogP contribution in [0.4, 0.5) is 4.39 Å². The van der Waals surface area contributed by atoms with Gasteiger partial charge in [0.05, 0.1) is 7.11 Å². The first kappa shape index (κ1) is 14.3. The van der Waals surface area contributed by atoms with E-state index in [-0.39, 0.29) is 17.6 Å². The average Bonchev–Trinajstić information content (AvgIpc) is 2.70. The zero-order chi connectivity index (χ0) is 14.0. The maximum atomic E-state index is 13.8. The minimum atomic E-state index is -0.321.